The molecule has 0 amide bonds. The van der Waals surface area contributed by atoms with Crippen molar-refractivity contribution >= 4 is 11.8 Å². The van der Waals surface area contributed by atoms with Crippen molar-refractivity contribution in [2.75, 3.05) is 6.61 Å². The van der Waals surface area contributed by atoms with Crippen LogP contribution in [0.2, 0.25) is 0 Å². The Morgan fingerprint density at radius 2 is 1.81 bits per heavy atom. The summed E-state index contributed by atoms with van der Waals surface area (Å²) in [5.41, 5.74) is 2.95. The van der Waals surface area contributed by atoms with Crippen molar-refractivity contribution in [3.63, 3.8) is 0 Å². The molecule has 3 heteroatoms. The van der Waals surface area contributed by atoms with Gasteiger partial charge in [-0.3, -0.25) is 9.59 Å². The molecule has 0 spiro atoms. The van der Waals surface area contributed by atoms with Gasteiger partial charge in [-0.15, -0.1) is 0 Å². The summed E-state index contributed by atoms with van der Waals surface area (Å²) in [5.74, 6) is -0.355. The fourth-order valence-electron chi connectivity index (χ4n) is 3.72. The number of hydrogen-bond donors (Lipinski definition) is 0. The molecule has 0 heterocycles. The SMILES string of the molecule is CCOC(=O)C1(c2c(C)cc(C)cc2C)CCCCC1=O. The van der Waals surface area contributed by atoms with Crippen LogP contribution < -0.4 is 0 Å². The zero-order valence-corrected chi connectivity index (χ0v) is 13.4. The lowest BCUT2D eigenvalue weighted by Crippen LogP contribution is -2.48. The van der Waals surface area contributed by atoms with Gasteiger partial charge in [0.15, 0.2) is 11.2 Å². The first kappa shape index (κ1) is 15.7. The Bertz CT molecular complexity index is 551. The normalized spacial score (nSPS) is 22.2. The van der Waals surface area contributed by atoms with E-state index >= 15 is 0 Å². The number of ether oxygens (including phenoxy) is 1. The highest BCUT2D eigenvalue weighted by atomic mass is 16.5. The van der Waals surface area contributed by atoms with Crippen molar-refractivity contribution in [2.45, 2.75) is 58.8 Å². The molecule has 0 N–H and O–H groups in total. The van der Waals surface area contributed by atoms with Crippen molar-refractivity contribution in [2.24, 2.45) is 0 Å². The summed E-state index contributed by atoms with van der Waals surface area (Å²) in [5, 5.41) is 0. The summed E-state index contributed by atoms with van der Waals surface area (Å²) in [6.07, 6.45) is 2.78. The van der Waals surface area contributed by atoms with E-state index in [1.165, 1.54) is 0 Å². The second-order valence-corrected chi connectivity index (χ2v) is 6.03. The smallest absolute Gasteiger partial charge is 0.324 e. The summed E-state index contributed by atoms with van der Waals surface area (Å²) in [4.78, 5) is 25.4. The third kappa shape index (κ3) is 2.61. The third-order valence-electron chi connectivity index (χ3n) is 4.41. The van der Waals surface area contributed by atoms with Crippen LogP contribution in [0.4, 0.5) is 0 Å². The molecule has 0 bridgehead atoms. The first-order valence-corrected chi connectivity index (χ1v) is 7.72. The van der Waals surface area contributed by atoms with Gasteiger partial charge < -0.3 is 4.74 Å². The number of aryl methyl sites for hydroxylation is 3. The molecule has 2 rings (SSSR count). The molecule has 3 nitrogen and oxygen atoms in total. The summed E-state index contributed by atoms with van der Waals surface area (Å²) in [7, 11) is 0. The van der Waals surface area contributed by atoms with Crippen molar-refractivity contribution < 1.29 is 14.3 Å². The maximum absolute atomic E-state index is 12.7. The summed E-state index contributed by atoms with van der Waals surface area (Å²) < 4.78 is 5.29. The highest BCUT2D eigenvalue weighted by Gasteiger charge is 2.50. The van der Waals surface area contributed by atoms with E-state index in [-0.39, 0.29) is 11.8 Å². The number of carbonyl (C=O) groups is 2. The molecule has 0 aromatic heterocycles. The molecule has 0 radical (unpaired) electrons. The minimum absolute atomic E-state index is 0.0160. The van der Waals surface area contributed by atoms with Gasteiger partial charge in [-0.25, -0.2) is 0 Å². The van der Waals surface area contributed by atoms with Crippen LogP contribution in [0.5, 0.6) is 0 Å². The Morgan fingerprint density at radius 1 is 1.19 bits per heavy atom. The number of benzene rings is 1. The number of ketones is 1. The molecule has 1 aromatic rings. The van der Waals surface area contributed by atoms with E-state index < -0.39 is 5.41 Å². The molecule has 1 aromatic carbocycles. The summed E-state index contributed by atoms with van der Waals surface area (Å²) >= 11 is 0. The number of carbonyl (C=O) groups excluding carboxylic acids is 2. The highest BCUT2D eigenvalue weighted by Crippen LogP contribution is 2.41. The zero-order chi connectivity index (χ0) is 15.6. The average Bonchev–Trinajstić information content (AvgIpc) is 2.40. The van der Waals surface area contributed by atoms with Gasteiger partial charge in [0.1, 0.15) is 0 Å². The Hall–Kier alpha value is -1.64. The minimum Gasteiger partial charge on any atom is -0.465 e. The molecule has 1 atom stereocenters. The monoisotopic (exact) mass is 288 g/mol. The van der Waals surface area contributed by atoms with Gasteiger partial charge in [0.05, 0.1) is 6.61 Å². The van der Waals surface area contributed by atoms with E-state index in [9.17, 15) is 9.59 Å². The predicted molar refractivity (Wildman–Crippen MR) is 82.4 cm³/mol. The Kier molecular flexibility index (Phi) is 4.50. The van der Waals surface area contributed by atoms with Gasteiger partial charge in [0.25, 0.3) is 0 Å². The van der Waals surface area contributed by atoms with Crippen LogP contribution in [-0.2, 0) is 19.7 Å². The van der Waals surface area contributed by atoms with Gasteiger partial charge in [-0.2, -0.15) is 0 Å². The molecule has 114 valence electrons. The van der Waals surface area contributed by atoms with E-state index in [4.69, 9.17) is 4.74 Å². The maximum Gasteiger partial charge on any atom is 0.324 e. The van der Waals surface area contributed by atoms with Crippen LogP contribution in [0.25, 0.3) is 0 Å². The summed E-state index contributed by atoms with van der Waals surface area (Å²) in [6, 6.07) is 4.09. The van der Waals surface area contributed by atoms with Crippen LogP contribution in [0.1, 0.15) is 54.9 Å². The number of esters is 1. The first-order chi connectivity index (χ1) is 9.93. The van der Waals surface area contributed by atoms with Gasteiger partial charge in [0, 0.05) is 6.42 Å². The third-order valence-corrected chi connectivity index (χ3v) is 4.41. The predicted octanol–water partition coefficient (Wildman–Crippen LogP) is 3.56. The molecular formula is C18H24O3. The molecule has 0 saturated heterocycles. The fraction of sp³-hybridized carbons (Fsp3) is 0.556. The van der Waals surface area contributed by atoms with E-state index in [1.54, 1.807) is 6.92 Å². The van der Waals surface area contributed by atoms with Crippen molar-refractivity contribution in [3.8, 4) is 0 Å². The fourth-order valence-corrected chi connectivity index (χ4v) is 3.72. The van der Waals surface area contributed by atoms with Crippen molar-refractivity contribution in [3.05, 3.63) is 34.4 Å². The largest absolute Gasteiger partial charge is 0.465 e. The Balaban J connectivity index is 2.66. The number of rotatable bonds is 3. The van der Waals surface area contributed by atoms with Crippen LogP contribution >= 0.6 is 0 Å². The van der Waals surface area contributed by atoms with Crippen molar-refractivity contribution in [1.82, 2.24) is 0 Å². The van der Waals surface area contributed by atoms with Gasteiger partial charge >= 0.3 is 5.97 Å². The lowest BCUT2D eigenvalue weighted by Gasteiger charge is -2.36. The van der Waals surface area contributed by atoms with Gasteiger partial charge in [-0.1, -0.05) is 24.1 Å². The van der Waals surface area contributed by atoms with Crippen LogP contribution in [0, 0.1) is 20.8 Å². The lowest BCUT2D eigenvalue weighted by atomic mass is 9.66. The minimum atomic E-state index is -1.09. The maximum atomic E-state index is 12.7. The Labute approximate surface area is 126 Å². The first-order valence-electron chi connectivity index (χ1n) is 7.72. The molecular weight excluding hydrogens is 264 g/mol. The van der Waals surface area contributed by atoms with E-state index in [2.05, 4.69) is 0 Å². The lowest BCUT2D eigenvalue weighted by molar-refractivity contribution is -0.155. The quantitative estimate of drug-likeness (QED) is 0.631. The van der Waals surface area contributed by atoms with E-state index in [0.29, 0.717) is 19.4 Å². The highest BCUT2D eigenvalue weighted by molar-refractivity contribution is 6.10. The molecule has 1 saturated carbocycles. The number of Topliss-reactive ketones (excluding diaryl/α,β-unsaturated/α-hetero) is 1. The summed E-state index contributed by atoms with van der Waals surface area (Å²) in [6.45, 7) is 8.09. The molecule has 21 heavy (non-hydrogen) atoms. The van der Waals surface area contributed by atoms with Crippen molar-refractivity contribution in [1.29, 1.82) is 0 Å². The van der Waals surface area contributed by atoms with Gasteiger partial charge in [0.2, 0.25) is 0 Å². The number of hydrogen-bond acceptors (Lipinski definition) is 3. The molecule has 1 fully saturated rings. The molecule has 0 aliphatic heterocycles. The van der Waals surface area contributed by atoms with Gasteiger partial charge in [-0.05, 0) is 57.2 Å². The standard InChI is InChI=1S/C18H24O3/c1-5-21-17(20)18(9-7-6-8-15(18)19)16-13(3)10-12(2)11-14(16)4/h10-11H,5-9H2,1-4H3. The molecule has 1 aliphatic rings. The second kappa shape index (κ2) is 6.00. The zero-order valence-electron chi connectivity index (χ0n) is 13.4. The molecule has 1 aliphatic carbocycles. The van der Waals surface area contributed by atoms with Crippen LogP contribution in [-0.4, -0.2) is 18.4 Å². The Morgan fingerprint density at radius 3 is 2.33 bits per heavy atom. The van der Waals surface area contributed by atoms with Crippen LogP contribution in [0.15, 0.2) is 12.1 Å². The van der Waals surface area contributed by atoms with E-state index in [0.717, 1.165) is 35.1 Å². The topological polar surface area (TPSA) is 43.4 Å². The van der Waals surface area contributed by atoms with Crippen LogP contribution in [0.3, 0.4) is 0 Å². The molecule has 1 unspecified atom stereocenters. The average molecular weight is 288 g/mol. The second-order valence-electron chi connectivity index (χ2n) is 6.03. The van der Waals surface area contributed by atoms with E-state index in [1.807, 2.05) is 32.9 Å².